The first-order valence-corrected chi connectivity index (χ1v) is 12.5. The van der Waals surface area contributed by atoms with Gasteiger partial charge in [0.05, 0.1) is 17.4 Å². The highest BCUT2D eigenvalue weighted by Gasteiger charge is 2.40. The number of hydrogen-bond donors (Lipinski definition) is 1. The summed E-state index contributed by atoms with van der Waals surface area (Å²) in [6, 6.07) is 8.06. The molecule has 3 atom stereocenters. The summed E-state index contributed by atoms with van der Waals surface area (Å²) >= 11 is 1.19. The maximum Gasteiger partial charge on any atom is 0.331 e. The fourth-order valence-electron chi connectivity index (χ4n) is 5.68. The Morgan fingerprint density at radius 1 is 1.29 bits per heavy atom. The number of ether oxygens (including phenoxy) is 1. The predicted octanol–water partition coefficient (Wildman–Crippen LogP) is 2.18. The van der Waals surface area contributed by atoms with Gasteiger partial charge in [-0.15, -0.1) is 11.3 Å². The second-order valence-corrected chi connectivity index (χ2v) is 10.5. The Morgan fingerprint density at radius 2 is 2.09 bits per heavy atom. The van der Waals surface area contributed by atoms with E-state index >= 15 is 0 Å². The molecule has 3 aromatic rings. The number of amides is 1. The van der Waals surface area contributed by atoms with Crippen LogP contribution in [0.2, 0.25) is 0 Å². The lowest BCUT2D eigenvalue weighted by Gasteiger charge is -2.32. The number of nitrogens with one attached hydrogen (secondary N) is 1. The quantitative estimate of drug-likeness (QED) is 0.603. The van der Waals surface area contributed by atoms with Gasteiger partial charge in [0, 0.05) is 39.6 Å². The van der Waals surface area contributed by atoms with Crippen molar-refractivity contribution < 1.29 is 9.53 Å². The number of nitrogens with zero attached hydrogens (tertiary/aromatic N) is 3. The molecule has 1 aliphatic carbocycles. The molecule has 3 heterocycles. The minimum atomic E-state index is -0.344. The Labute approximate surface area is 201 Å². The number of carbonyl (C=O) groups excluding carboxylic acids is 1. The molecule has 1 aromatic carbocycles. The molecule has 5 rings (SSSR count). The molecule has 180 valence electrons. The number of aromatic nitrogens is 2. The van der Waals surface area contributed by atoms with Crippen LogP contribution in [0.25, 0.3) is 10.2 Å². The molecule has 1 saturated heterocycles. The number of carbonyl (C=O) groups is 1. The Kier molecular flexibility index (Phi) is 5.85. The first-order valence-electron chi connectivity index (χ1n) is 11.7. The van der Waals surface area contributed by atoms with Crippen molar-refractivity contribution in [2.75, 3.05) is 27.7 Å². The molecule has 2 aromatic heterocycles. The van der Waals surface area contributed by atoms with Gasteiger partial charge in [-0.1, -0.05) is 12.1 Å². The van der Waals surface area contributed by atoms with Crippen LogP contribution in [-0.4, -0.2) is 53.7 Å². The van der Waals surface area contributed by atoms with Gasteiger partial charge in [-0.2, -0.15) is 0 Å². The maximum absolute atomic E-state index is 13.3. The van der Waals surface area contributed by atoms with Crippen molar-refractivity contribution in [1.82, 2.24) is 19.4 Å². The first-order chi connectivity index (χ1) is 16.3. The monoisotopic (exact) mass is 482 g/mol. The molecular weight excluding hydrogens is 452 g/mol. The van der Waals surface area contributed by atoms with Crippen molar-refractivity contribution in [3.8, 4) is 5.75 Å². The molecule has 2 aliphatic rings. The van der Waals surface area contributed by atoms with Crippen LogP contribution in [0.15, 0.2) is 33.9 Å². The summed E-state index contributed by atoms with van der Waals surface area (Å²) in [4.78, 5) is 41.2. The fraction of sp³-hybridized carbons (Fsp3) is 0.480. The number of aryl methyl sites for hydroxylation is 1. The molecule has 3 unspecified atom stereocenters. The number of rotatable bonds is 5. The van der Waals surface area contributed by atoms with E-state index < -0.39 is 0 Å². The van der Waals surface area contributed by atoms with E-state index in [1.807, 2.05) is 12.1 Å². The Bertz CT molecular complexity index is 1390. The van der Waals surface area contributed by atoms with Crippen molar-refractivity contribution in [3.05, 3.63) is 61.1 Å². The standard InChI is InChI=1S/C25H30N4O4S/c1-27(2)23(31)20-12-17-22(30)29(25(32)28(3)24(17)34-20)11-10-18-21-14(13-26-18)8-9-15-16(21)6-5-7-19(15)33-4/h5-7,12,14,18,21,26H,8-11,13H2,1-4H3. The number of benzene rings is 1. The average Bonchev–Trinajstić information content (AvgIpc) is 3.47. The van der Waals surface area contributed by atoms with Crippen molar-refractivity contribution in [2.24, 2.45) is 13.0 Å². The zero-order chi connectivity index (χ0) is 24.1. The molecular formula is C25H30N4O4S. The van der Waals surface area contributed by atoms with Crippen molar-refractivity contribution >= 4 is 27.5 Å². The Balaban J connectivity index is 1.46. The number of fused-ring (bicyclic) bond motifs is 4. The lowest BCUT2D eigenvalue weighted by Crippen LogP contribution is -2.40. The van der Waals surface area contributed by atoms with Gasteiger partial charge in [0.25, 0.3) is 11.5 Å². The van der Waals surface area contributed by atoms with Gasteiger partial charge >= 0.3 is 5.69 Å². The normalized spacial score (nSPS) is 21.4. The third-order valence-corrected chi connectivity index (χ3v) is 8.59. The maximum atomic E-state index is 13.3. The smallest absolute Gasteiger partial charge is 0.331 e. The van der Waals surface area contributed by atoms with Crippen molar-refractivity contribution in [3.63, 3.8) is 0 Å². The van der Waals surface area contributed by atoms with Gasteiger partial charge in [0.15, 0.2) is 0 Å². The highest BCUT2D eigenvalue weighted by atomic mass is 32.1. The van der Waals surface area contributed by atoms with Gasteiger partial charge < -0.3 is 15.0 Å². The summed E-state index contributed by atoms with van der Waals surface area (Å²) < 4.78 is 8.42. The summed E-state index contributed by atoms with van der Waals surface area (Å²) in [7, 11) is 6.72. The van der Waals surface area contributed by atoms with Gasteiger partial charge in [0.1, 0.15) is 10.6 Å². The molecule has 8 nitrogen and oxygen atoms in total. The molecule has 34 heavy (non-hydrogen) atoms. The molecule has 9 heteroatoms. The number of methoxy groups -OCH3 is 1. The van der Waals surface area contributed by atoms with E-state index in [-0.39, 0.29) is 23.2 Å². The van der Waals surface area contributed by atoms with Crippen LogP contribution in [0.3, 0.4) is 0 Å². The van der Waals surface area contributed by atoms with Crippen molar-refractivity contribution in [2.45, 2.75) is 37.8 Å². The van der Waals surface area contributed by atoms with Crippen LogP contribution in [0.4, 0.5) is 0 Å². The molecule has 0 saturated carbocycles. The van der Waals surface area contributed by atoms with Crippen LogP contribution in [0, 0.1) is 5.92 Å². The molecule has 1 N–H and O–H groups in total. The third kappa shape index (κ3) is 3.58. The summed E-state index contributed by atoms with van der Waals surface area (Å²) in [6.07, 6.45) is 2.79. The van der Waals surface area contributed by atoms with Gasteiger partial charge in [-0.05, 0) is 55.0 Å². The molecule has 1 amide bonds. The SMILES string of the molecule is COc1cccc2c1CCC1CNC(CCn3c(=O)c4cc(C(=O)N(C)C)sc4n(C)c3=O)C21. The van der Waals surface area contributed by atoms with Gasteiger partial charge in [0.2, 0.25) is 0 Å². The average molecular weight is 483 g/mol. The highest BCUT2D eigenvalue weighted by molar-refractivity contribution is 7.20. The molecule has 0 spiro atoms. The number of thiophene rings is 1. The summed E-state index contributed by atoms with van der Waals surface area (Å²) in [5.74, 6) is 1.65. The molecule has 1 aliphatic heterocycles. The third-order valence-electron chi connectivity index (χ3n) is 7.39. The van der Waals surface area contributed by atoms with Gasteiger partial charge in [-0.3, -0.25) is 18.7 Å². The van der Waals surface area contributed by atoms with E-state index in [1.165, 1.54) is 36.5 Å². The van der Waals surface area contributed by atoms with Crippen LogP contribution >= 0.6 is 11.3 Å². The largest absolute Gasteiger partial charge is 0.496 e. The van der Waals surface area contributed by atoms with E-state index in [0.29, 0.717) is 39.9 Å². The second-order valence-electron chi connectivity index (χ2n) is 9.48. The highest BCUT2D eigenvalue weighted by Crippen LogP contribution is 2.45. The first kappa shape index (κ1) is 22.9. The summed E-state index contributed by atoms with van der Waals surface area (Å²) in [5.41, 5.74) is 1.94. The topological polar surface area (TPSA) is 85.6 Å². The lowest BCUT2D eigenvalue weighted by molar-refractivity contribution is 0.0832. The van der Waals surface area contributed by atoms with Crippen LogP contribution in [-0.2, 0) is 20.0 Å². The van der Waals surface area contributed by atoms with E-state index in [4.69, 9.17) is 4.74 Å². The lowest BCUT2D eigenvalue weighted by atomic mass is 9.73. The minimum absolute atomic E-state index is 0.174. The van der Waals surface area contributed by atoms with Crippen LogP contribution in [0.5, 0.6) is 5.75 Å². The fourth-order valence-corrected chi connectivity index (χ4v) is 6.80. The zero-order valence-corrected chi connectivity index (χ0v) is 20.8. The van der Waals surface area contributed by atoms with E-state index in [9.17, 15) is 14.4 Å². The number of hydrogen-bond acceptors (Lipinski definition) is 6. The zero-order valence-electron chi connectivity index (χ0n) is 20.0. The van der Waals surface area contributed by atoms with Crippen LogP contribution in [0.1, 0.15) is 39.6 Å². The molecule has 0 bridgehead atoms. The van der Waals surface area contributed by atoms with E-state index in [1.54, 1.807) is 34.3 Å². The summed E-state index contributed by atoms with van der Waals surface area (Å²) in [6.45, 7) is 1.27. The minimum Gasteiger partial charge on any atom is -0.496 e. The van der Waals surface area contributed by atoms with E-state index in [2.05, 4.69) is 11.4 Å². The molecule has 0 radical (unpaired) electrons. The summed E-state index contributed by atoms with van der Waals surface area (Å²) in [5, 5.41) is 4.08. The van der Waals surface area contributed by atoms with E-state index in [0.717, 1.165) is 25.1 Å². The van der Waals surface area contributed by atoms with Crippen LogP contribution < -0.4 is 21.3 Å². The van der Waals surface area contributed by atoms with Crippen molar-refractivity contribution in [1.29, 1.82) is 0 Å². The van der Waals surface area contributed by atoms with Gasteiger partial charge in [-0.25, -0.2) is 4.79 Å². The second kappa shape index (κ2) is 8.70. The molecule has 1 fully saturated rings. The predicted molar refractivity (Wildman–Crippen MR) is 133 cm³/mol. The Morgan fingerprint density at radius 3 is 2.82 bits per heavy atom. The Hall–Kier alpha value is -2.91.